The van der Waals surface area contributed by atoms with E-state index in [1.165, 1.54) is 7.11 Å². The van der Waals surface area contributed by atoms with Crippen molar-refractivity contribution < 1.29 is 9.53 Å². The van der Waals surface area contributed by atoms with Gasteiger partial charge in [-0.05, 0) is 31.5 Å². The van der Waals surface area contributed by atoms with Gasteiger partial charge in [0, 0.05) is 11.1 Å². The molecule has 1 unspecified atom stereocenters. The topological polar surface area (TPSA) is 38.3 Å². The number of halogens is 1. The number of nitrogens with one attached hydrogen (secondary N) is 1. The molecule has 16 heavy (non-hydrogen) atoms. The summed E-state index contributed by atoms with van der Waals surface area (Å²) < 4.78 is 4.65. The fourth-order valence-corrected chi connectivity index (χ4v) is 1.59. The van der Waals surface area contributed by atoms with Gasteiger partial charge in [-0.1, -0.05) is 23.7 Å². The summed E-state index contributed by atoms with van der Waals surface area (Å²) in [7, 11) is 1.38. The minimum Gasteiger partial charge on any atom is -0.468 e. The average Bonchev–Trinajstić information content (AvgIpc) is 2.28. The average molecular weight is 242 g/mol. The molecule has 0 saturated heterocycles. The molecule has 0 bridgehead atoms. The summed E-state index contributed by atoms with van der Waals surface area (Å²) >= 11 is 5.80. The predicted octanol–water partition coefficient (Wildman–Crippen LogP) is 2.55. The van der Waals surface area contributed by atoms with Crippen molar-refractivity contribution >= 4 is 17.6 Å². The van der Waals surface area contributed by atoms with Gasteiger partial charge < -0.3 is 4.74 Å². The van der Waals surface area contributed by atoms with E-state index in [0.29, 0.717) is 5.02 Å². The van der Waals surface area contributed by atoms with Crippen LogP contribution in [0.5, 0.6) is 0 Å². The van der Waals surface area contributed by atoms with E-state index < -0.39 is 0 Å². The number of benzene rings is 1. The Morgan fingerprint density at radius 1 is 1.31 bits per heavy atom. The van der Waals surface area contributed by atoms with E-state index in [-0.39, 0.29) is 18.1 Å². The zero-order valence-electron chi connectivity index (χ0n) is 9.66. The largest absolute Gasteiger partial charge is 0.468 e. The number of esters is 1. The van der Waals surface area contributed by atoms with Crippen molar-refractivity contribution in [3.8, 4) is 0 Å². The molecule has 1 N–H and O–H groups in total. The molecule has 0 amide bonds. The number of hydrogen-bond acceptors (Lipinski definition) is 3. The van der Waals surface area contributed by atoms with Crippen molar-refractivity contribution in [1.82, 2.24) is 5.32 Å². The first-order chi connectivity index (χ1) is 7.54. The standard InChI is InChI=1S/C12H16ClNO2/c1-8(14-9(2)12(15)16-3)10-4-6-11(13)7-5-10/h4-9,14H,1-3H3/t8-,9?/m1/s1. The van der Waals surface area contributed by atoms with Crippen LogP contribution in [0, 0.1) is 0 Å². The second kappa shape index (κ2) is 5.87. The summed E-state index contributed by atoms with van der Waals surface area (Å²) in [6, 6.07) is 7.28. The third-order valence-corrected chi connectivity index (χ3v) is 2.68. The van der Waals surface area contributed by atoms with Crippen molar-refractivity contribution in [1.29, 1.82) is 0 Å². The van der Waals surface area contributed by atoms with Crippen molar-refractivity contribution in [3.05, 3.63) is 34.9 Å². The molecule has 4 heteroatoms. The molecule has 0 aromatic heterocycles. The number of hydrogen-bond donors (Lipinski definition) is 1. The van der Waals surface area contributed by atoms with Gasteiger partial charge in [0.05, 0.1) is 7.11 Å². The first kappa shape index (κ1) is 13.0. The number of methoxy groups -OCH3 is 1. The van der Waals surface area contributed by atoms with Gasteiger partial charge in [-0.2, -0.15) is 0 Å². The normalized spacial score (nSPS) is 14.2. The Morgan fingerprint density at radius 2 is 1.88 bits per heavy atom. The maximum atomic E-state index is 11.2. The summed E-state index contributed by atoms with van der Waals surface area (Å²) in [5, 5.41) is 3.85. The van der Waals surface area contributed by atoms with E-state index in [2.05, 4.69) is 10.1 Å². The van der Waals surface area contributed by atoms with Crippen LogP contribution in [0.1, 0.15) is 25.5 Å². The summed E-state index contributed by atoms with van der Waals surface area (Å²) in [5.41, 5.74) is 1.08. The molecule has 3 nitrogen and oxygen atoms in total. The molecule has 88 valence electrons. The number of carbonyl (C=O) groups excluding carboxylic acids is 1. The highest BCUT2D eigenvalue weighted by molar-refractivity contribution is 6.30. The summed E-state index contributed by atoms with van der Waals surface area (Å²) in [5.74, 6) is -0.263. The van der Waals surface area contributed by atoms with Crippen molar-refractivity contribution in [2.24, 2.45) is 0 Å². The predicted molar refractivity (Wildman–Crippen MR) is 64.5 cm³/mol. The lowest BCUT2D eigenvalue weighted by Gasteiger charge is -2.18. The van der Waals surface area contributed by atoms with E-state index >= 15 is 0 Å². The number of ether oxygens (including phenoxy) is 1. The molecule has 2 atom stereocenters. The monoisotopic (exact) mass is 241 g/mol. The second-order valence-corrected chi connectivity index (χ2v) is 4.12. The molecule has 0 saturated carbocycles. The van der Waals surface area contributed by atoms with Gasteiger partial charge in [-0.3, -0.25) is 10.1 Å². The van der Waals surface area contributed by atoms with Crippen LogP contribution in [0.15, 0.2) is 24.3 Å². The van der Waals surface area contributed by atoms with Crippen LogP contribution < -0.4 is 5.32 Å². The van der Waals surface area contributed by atoms with Crippen molar-refractivity contribution in [2.75, 3.05) is 7.11 Å². The minimum absolute atomic E-state index is 0.0753. The molecular weight excluding hydrogens is 226 g/mol. The van der Waals surface area contributed by atoms with Crippen LogP contribution in [0.25, 0.3) is 0 Å². The van der Waals surface area contributed by atoms with Gasteiger partial charge >= 0.3 is 5.97 Å². The van der Waals surface area contributed by atoms with Crippen molar-refractivity contribution in [2.45, 2.75) is 25.9 Å². The third kappa shape index (κ3) is 3.51. The Labute approximate surface area is 101 Å². The van der Waals surface area contributed by atoms with Gasteiger partial charge in [0.25, 0.3) is 0 Å². The third-order valence-electron chi connectivity index (χ3n) is 2.42. The first-order valence-corrected chi connectivity index (χ1v) is 5.51. The Balaban J connectivity index is 2.61. The van der Waals surface area contributed by atoms with E-state index in [0.717, 1.165) is 5.56 Å². The maximum Gasteiger partial charge on any atom is 0.322 e. The number of rotatable bonds is 4. The van der Waals surface area contributed by atoms with E-state index in [4.69, 9.17) is 11.6 Å². The maximum absolute atomic E-state index is 11.2. The Kier molecular flexibility index (Phi) is 4.77. The first-order valence-electron chi connectivity index (χ1n) is 5.14. The van der Waals surface area contributed by atoms with Crippen LogP contribution in [-0.2, 0) is 9.53 Å². The minimum atomic E-state index is -0.323. The fourth-order valence-electron chi connectivity index (χ4n) is 1.47. The van der Waals surface area contributed by atoms with E-state index in [1.807, 2.05) is 31.2 Å². The lowest BCUT2D eigenvalue weighted by molar-refractivity contribution is -0.142. The fraction of sp³-hybridized carbons (Fsp3) is 0.417. The van der Waals surface area contributed by atoms with E-state index in [1.54, 1.807) is 6.92 Å². The van der Waals surface area contributed by atoms with Gasteiger partial charge in [0.15, 0.2) is 0 Å². The highest BCUT2D eigenvalue weighted by Crippen LogP contribution is 2.16. The van der Waals surface area contributed by atoms with Gasteiger partial charge in [-0.25, -0.2) is 0 Å². The summed E-state index contributed by atoms with van der Waals surface area (Å²) in [4.78, 5) is 11.2. The molecule has 1 aromatic rings. The van der Waals surface area contributed by atoms with Crippen molar-refractivity contribution in [3.63, 3.8) is 0 Å². The Bertz CT molecular complexity index is 351. The lowest BCUT2D eigenvalue weighted by atomic mass is 10.1. The summed E-state index contributed by atoms with van der Waals surface area (Å²) in [6.45, 7) is 3.76. The highest BCUT2D eigenvalue weighted by Gasteiger charge is 2.16. The molecular formula is C12H16ClNO2. The molecule has 1 aromatic carbocycles. The van der Waals surface area contributed by atoms with Gasteiger partial charge in [-0.15, -0.1) is 0 Å². The van der Waals surface area contributed by atoms with Crippen LogP contribution in [0.2, 0.25) is 5.02 Å². The second-order valence-electron chi connectivity index (χ2n) is 3.68. The lowest BCUT2D eigenvalue weighted by Crippen LogP contribution is -2.36. The Morgan fingerprint density at radius 3 is 2.38 bits per heavy atom. The molecule has 0 heterocycles. The van der Waals surface area contributed by atoms with Crippen LogP contribution >= 0.6 is 11.6 Å². The quantitative estimate of drug-likeness (QED) is 0.824. The SMILES string of the molecule is COC(=O)C(C)N[C@H](C)c1ccc(Cl)cc1. The van der Waals surface area contributed by atoms with Crippen LogP contribution in [0.3, 0.4) is 0 Å². The smallest absolute Gasteiger partial charge is 0.322 e. The zero-order valence-corrected chi connectivity index (χ0v) is 10.4. The van der Waals surface area contributed by atoms with Gasteiger partial charge in [0.2, 0.25) is 0 Å². The highest BCUT2D eigenvalue weighted by atomic mass is 35.5. The molecule has 0 radical (unpaired) electrons. The molecule has 0 aliphatic heterocycles. The van der Waals surface area contributed by atoms with Crippen LogP contribution in [0.4, 0.5) is 0 Å². The molecule has 1 rings (SSSR count). The molecule has 0 aliphatic carbocycles. The van der Waals surface area contributed by atoms with Crippen LogP contribution in [-0.4, -0.2) is 19.1 Å². The summed E-state index contributed by atoms with van der Waals surface area (Å²) in [6.07, 6.45) is 0. The zero-order chi connectivity index (χ0) is 12.1. The molecule has 0 aliphatic rings. The molecule has 0 fully saturated rings. The van der Waals surface area contributed by atoms with Gasteiger partial charge in [0.1, 0.15) is 6.04 Å². The Hall–Kier alpha value is -1.06. The van der Waals surface area contributed by atoms with E-state index in [9.17, 15) is 4.79 Å². The molecule has 0 spiro atoms. The number of carbonyl (C=O) groups is 1.